The SMILES string of the molecule is COc1ccc2c(c1)CCN2C(=O)c1c[nH]c2cc(OC)ccc2c1=O. The van der Waals surface area contributed by atoms with E-state index in [4.69, 9.17) is 9.47 Å². The molecule has 1 amide bonds. The third-order valence-corrected chi connectivity index (χ3v) is 4.75. The molecule has 132 valence electrons. The number of amides is 1. The molecule has 2 aromatic carbocycles. The van der Waals surface area contributed by atoms with Gasteiger partial charge in [0.05, 0.1) is 19.7 Å². The number of H-pyrrole nitrogens is 1. The van der Waals surface area contributed by atoms with Gasteiger partial charge in [-0.2, -0.15) is 0 Å². The zero-order chi connectivity index (χ0) is 18.3. The Morgan fingerprint density at radius 2 is 1.81 bits per heavy atom. The van der Waals surface area contributed by atoms with Crippen LogP contribution < -0.4 is 19.8 Å². The molecule has 0 atom stereocenters. The van der Waals surface area contributed by atoms with E-state index < -0.39 is 0 Å². The first-order valence-corrected chi connectivity index (χ1v) is 8.30. The maximum atomic E-state index is 13.0. The number of rotatable bonds is 3. The van der Waals surface area contributed by atoms with Crippen LogP contribution in [-0.4, -0.2) is 31.7 Å². The van der Waals surface area contributed by atoms with Crippen molar-refractivity contribution >= 4 is 22.5 Å². The summed E-state index contributed by atoms with van der Waals surface area (Å²) < 4.78 is 10.4. The summed E-state index contributed by atoms with van der Waals surface area (Å²) in [6.07, 6.45) is 2.22. The Morgan fingerprint density at radius 3 is 2.58 bits per heavy atom. The van der Waals surface area contributed by atoms with Crippen LogP contribution in [0.3, 0.4) is 0 Å². The van der Waals surface area contributed by atoms with E-state index in [-0.39, 0.29) is 16.9 Å². The first-order chi connectivity index (χ1) is 12.6. The first-order valence-electron chi connectivity index (χ1n) is 8.30. The maximum absolute atomic E-state index is 13.0. The molecule has 26 heavy (non-hydrogen) atoms. The number of carbonyl (C=O) groups is 1. The maximum Gasteiger partial charge on any atom is 0.263 e. The van der Waals surface area contributed by atoms with Crippen LogP contribution in [-0.2, 0) is 6.42 Å². The van der Waals surface area contributed by atoms with Crippen LogP contribution in [0.25, 0.3) is 10.9 Å². The summed E-state index contributed by atoms with van der Waals surface area (Å²) >= 11 is 0. The Bertz CT molecular complexity index is 1070. The minimum Gasteiger partial charge on any atom is -0.497 e. The van der Waals surface area contributed by atoms with Gasteiger partial charge in [0, 0.05) is 29.9 Å². The van der Waals surface area contributed by atoms with Crippen LogP contribution in [0.5, 0.6) is 11.5 Å². The number of hydrogen-bond donors (Lipinski definition) is 1. The number of aromatic nitrogens is 1. The van der Waals surface area contributed by atoms with Gasteiger partial charge in [-0.25, -0.2) is 0 Å². The number of methoxy groups -OCH3 is 2. The summed E-state index contributed by atoms with van der Waals surface area (Å²) in [4.78, 5) is 30.5. The third kappa shape index (κ3) is 2.50. The van der Waals surface area contributed by atoms with Crippen molar-refractivity contribution in [3.8, 4) is 11.5 Å². The van der Waals surface area contributed by atoms with Crippen LogP contribution in [0, 0.1) is 0 Å². The number of aromatic amines is 1. The van der Waals surface area contributed by atoms with E-state index in [1.165, 1.54) is 6.20 Å². The predicted molar refractivity (Wildman–Crippen MR) is 99.5 cm³/mol. The van der Waals surface area contributed by atoms with Gasteiger partial charge in [-0.3, -0.25) is 9.59 Å². The summed E-state index contributed by atoms with van der Waals surface area (Å²) in [7, 11) is 3.18. The second-order valence-electron chi connectivity index (χ2n) is 6.14. The molecule has 0 saturated heterocycles. The van der Waals surface area contributed by atoms with Crippen LogP contribution in [0.15, 0.2) is 47.4 Å². The summed E-state index contributed by atoms with van der Waals surface area (Å²) in [6.45, 7) is 0.543. The zero-order valence-electron chi connectivity index (χ0n) is 14.5. The quantitative estimate of drug-likeness (QED) is 0.788. The number of hydrogen-bond acceptors (Lipinski definition) is 4. The minimum absolute atomic E-state index is 0.131. The third-order valence-electron chi connectivity index (χ3n) is 4.75. The van der Waals surface area contributed by atoms with Gasteiger partial charge in [0.15, 0.2) is 0 Å². The van der Waals surface area contributed by atoms with Gasteiger partial charge in [-0.15, -0.1) is 0 Å². The highest BCUT2D eigenvalue weighted by Crippen LogP contribution is 2.32. The van der Waals surface area contributed by atoms with Gasteiger partial charge in [0.1, 0.15) is 17.1 Å². The van der Waals surface area contributed by atoms with E-state index in [0.717, 1.165) is 23.4 Å². The molecule has 6 nitrogen and oxygen atoms in total. The van der Waals surface area contributed by atoms with Crippen molar-refractivity contribution in [1.29, 1.82) is 0 Å². The van der Waals surface area contributed by atoms with Gasteiger partial charge in [0.2, 0.25) is 5.43 Å². The van der Waals surface area contributed by atoms with E-state index in [9.17, 15) is 9.59 Å². The molecule has 0 saturated carbocycles. The van der Waals surface area contributed by atoms with Crippen molar-refractivity contribution in [3.05, 3.63) is 63.9 Å². The number of nitrogens with one attached hydrogen (secondary N) is 1. The highest BCUT2D eigenvalue weighted by molar-refractivity contribution is 6.08. The van der Waals surface area contributed by atoms with Gasteiger partial charge < -0.3 is 19.4 Å². The molecule has 0 unspecified atom stereocenters. The standard InChI is InChI=1S/C20H18N2O4/c1-25-13-4-6-18-12(9-13)7-8-22(18)20(24)16-11-21-17-10-14(26-2)3-5-15(17)19(16)23/h3-6,9-11H,7-8H2,1-2H3,(H,21,23). The lowest BCUT2D eigenvalue weighted by molar-refractivity contribution is 0.0988. The molecule has 3 aromatic rings. The van der Waals surface area contributed by atoms with Crippen LogP contribution in [0.2, 0.25) is 0 Å². The second-order valence-corrected chi connectivity index (χ2v) is 6.14. The average Bonchev–Trinajstić information content (AvgIpc) is 3.10. The van der Waals surface area contributed by atoms with Gasteiger partial charge in [-0.1, -0.05) is 0 Å². The fraction of sp³-hybridized carbons (Fsp3) is 0.200. The summed E-state index contributed by atoms with van der Waals surface area (Å²) in [5.41, 5.74) is 2.35. The molecule has 0 radical (unpaired) electrons. The van der Waals surface area contributed by atoms with Crippen molar-refractivity contribution < 1.29 is 14.3 Å². The highest BCUT2D eigenvalue weighted by Gasteiger charge is 2.27. The summed E-state index contributed by atoms with van der Waals surface area (Å²) in [6, 6.07) is 10.7. The summed E-state index contributed by atoms with van der Waals surface area (Å²) in [5.74, 6) is 1.11. The Morgan fingerprint density at radius 1 is 1.08 bits per heavy atom. The number of fused-ring (bicyclic) bond motifs is 2. The number of benzene rings is 2. The van der Waals surface area contributed by atoms with E-state index in [1.807, 2.05) is 18.2 Å². The van der Waals surface area contributed by atoms with Crippen molar-refractivity contribution in [3.63, 3.8) is 0 Å². The Balaban J connectivity index is 1.74. The van der Waals surface area contributed by atoms with Crippen molar-refractivity contribution in [2.45, 2.75) is 6.42 Å². The first kappa shape index (κ1) is 16.2. The average molecular weight is 350 g/mol. The van der Waals surface area contributed by atoms with Crippen molar-refractivity contribution in [1.82, 2.24) is 4.98 Å². The monoisotopic (exact) mass is 350 g/mol. The molecule has 1 aliphatic heterocycles. The molecule has 0 bridgehead atoms. The van der Waals surface area contributed by atoms with Crippen molar-refractivity contribution in [2.75, 3.05) is 25.7 Å². The molecule has 1 aliphatic rings. The molecule has 1 N–H and O–H groups in total. The Labute approximate surface area is 150 Å². The van der Waals surface area contributed by atoms with E-state index in [1.54, 1.807) is 37.3 Å². The lowest BCUT2D eigenvalue weighted by Gasteiger charge is -2.17. The molecule has 4 rings (SSSR count). The van der Waals surface area contributed by atoms with Crippen molar-refractivity contribution in [2.24, 2.45) is 0 Å². The smallest absolute Gasteiger partial charge is 0.263 e. The molecule has 6 heteroatoms. The van der Waals surface area contributed by atoms with Gasteiger partial charge in [-0.05, 0) is 42.3 Å². The highest BCUT2D eigenvalue weighted by atomic mass is 16.5. The molecular weight excluding hydrogens is 332 g/mol. The second kappa shape index (κ2) is 6.22. The topological polar surface area (TPSA) is 71.6 Å². The number of anilines is 1. The summed E-state index contributed by atoms with van der Waals surface area (Å²) in [5, 5.41) is 0.464. The molecule has 0 fully saturated rings. The van der Waals surface area contributed by atoms with Gasteiger partial charge in [0.25, 0.3) is 5.91 Å². The van der Waals surface area contributed by atoms with Gasteiger partial charge >= 0.3 is 0 Å². The van der Waals surface area contributed by atoms with Crippen LogP contribution >= 0.6 is 0 Å². The van der Waals surface area contributed by atoms with Crippen LogP contribution in [0.4, 0.5) is 5.69 Å². The Kier molecular flexibility index (Phi) is 3.88. The Hall–Kier alpha value is -3.28. The van der Waals surface area contributed by atoms with E-state index in [0.29, 0.717) is 23.2 Å². The molecular formula is C20H18N2O4. The number of ether oxygens (including phenoxy) is 2. The number of carbonyl (C=O) groups excluding carboxylic acids is 1. The fourth-order valence-electron chi connectivity index (χ4n) is 3.35. The number of nitrogens with zero attached hydrogens (tertiary/aromatic N) is 1. The molecule has 1 aromatic heterocycles. The van der Waals surface area contributed by atoms with E-state index >= 15 is 0 Å². The molecule has 0 spiro atoms. The zero-order valence-corrected chi connectivity index (χ0v) is 14.5. The molecule has 0 aliphatic carbocycles. The molecule has 2 heterocycles. The van der Waals surface area contributed by atoms with Crippen LogP contribution in [0.1, 0.15) is 15.9 Å². The number of pyridine rings is 1. The minimum atomic E-state index is -0.298. The normalized spacial score (nSPS) is 12.9. The fourth-order valence-corrected chi connectivity index (χ4v) is 3.35. The largest absolute Gasteiger partial charge is 0.497 e. The predicted octanol–water partition coefficient (Wildman–Crippen LogP) is 2.75. The van der Waals surface area contributed by atoms with E-state index in [2.05, 4.69) is 4.98 Å². The lowest BCUT2D eigenvalue weighted by atomic mass is 10.1. The lowest BCUT2D eigenvalue weighted by Crippen LogP contribution is -2.33.